The summed E-state index contributed by atoms with van der Waals surface area (Å²) in [6.45, 7) is 2.63. The molecule has 1 aliphatic heterocycles. The molecule has 6 nitrogen and oxygen atoms in total. The van der Waals surface area contributed by atoms with Crippen molar-refractivity contribution in [3.63, 3.8) is 0 Å². The van der Waals surface area contributed by atoms with Gasteiger partial charge in [-0.3, -0.25) is 14.3 Å². The molecule has 3 aromatic rings. The summed E-state index contributed by atoms with van der Waals surface area (Å²) in [5.74, 6) is -0.298. The van der Waals surface area contributed by atoms with Gasteiger partial charge >= 0.3 is 0 Å². The van der Waals surface area contributed by atoms with E-state index >= 15 is 0 Å². The van der Waals surface area contributed by atoms with Crippen molar-refractivity contribution < 1.29 is 9.90 Å². The van der Waals surface area contributed by atoms with E-state index in [-0.39, 0.29) is 18.2 Å². The number of benzene rings is 2. The van der Waals surface area contributed by atoms with Crippen LogP contribution in [0, 0.1) is 0 Å². The summed E-state index contributed by atoms with van der Waals surface area (Å²) in [7, 11) is 0. The van der Waals surface area contributed by atoms with Crippen molar-refractivity contribution in [2.24, 2.45) is 10.2 Å². The van der Waals surface area contributed by atoms with Gasteiger partial charge in [-0.25, -0.2) is 0 Å². The third-order valence-electron chi connectivity index (χ3n) is 5.47. The number of aromatic nitrogens is 1. The summed E-state index contributed by atoms with van der Waals surface area (Å²) >= 11 is 3.49. The fourth-order valence-corrected chi connectivity index (χ4v) is 4.29. The van der Waals surface area contributed by atoms with Crippen molar-refractivity contribution in [2.75, 3.05) is 13.1 Å². The van der Waals surface area contributed by atoms with Crippen LogP contribution in [0.2, 0.25) is 0 Å². The molecule has 0 atom stereocenters. The topological polar surface area (TPSA) is 70.2 Å². The van der Waals surface area contributed by atoms with Crippen LogP contribution < -0.4 is 0 Å². The predicted octanol–water partition coefficient (Wildman–Crippen LogP) is 5.80. The number of aromatic hydroxyl groups is 1. The SMILES string of the molecule is O=C(Cc1ccccc1)N=Nc1c(O)n(CN2CCCCCC2)c2ccc(Br)cc12. The molecule has 156 valence electrons. The molecule has 0 radical (unpaired) electrons. The number of amides is 1. The van der Waals surface area contributed by atoms with Crippen molar-refractivity contribution in [3.05, 3.63) is 58.6 Å². The Labute approximate surface area is 184 Å². The monoisotopic (exact) mass is 468 g/mol. The fraction of sp³-hybridized carbons (Fsp3) is 0.348. The highest BCUT2D eigenvalue weighted by Gasteiger charge is 2.20. The molecular weight excluding hydrogens is 444 g/mol. The van der Waals surface area contributed by atoms with Crippen LogP contribution in [0.1, 0.15) is 31.2 Å². The van der Waals surface area contributed by atoms with Crippen LogP contribution in [-0.2, 0) is 17.9 Å². The Bertz CT molecular complexity index is 1050. The highest BCUT2D eigenvalue weighted by molar-refractivity contribution is 9.10. The van der Waals surface area contributed by atoms with E-state index in [2.05, 4.69) is 31.1 Å². The summed E-state index contributed by atoms with van der Waals surface area (Å²) in [6, 6.07) is 15.3. The van der Waals surface area contributed by atoms with Gasteiger partial charge in [0.05, 0.1) is 18.6 Å². The van der Waals surface area contributed by atoms with Gasteiger partial charge in [0.2, 0.25) is 5.88 Å². The third-order valence-corrected chi connectivity index (χ3v) is 5.97. The first kappa shape index (κ1) is 20.8. The van der Waals surface area contributed by atoms with Gasteiger partial charge in [-0.2, -0.15) is 0 Å². The quantitative estimate of drug-likeness (QED) is 0.481. The molecule has 2 heterocycles. The number of carbonyl (C=O) groups excluding carboxylic acids is 1. The van der Waals surface area contributed by atoms with Crippen LogP contribution in [0.25, 0.3) is 10.9 Å². The molecule has 1 aromatic heterocycles. The number of nitrogens with zero attached hydrogens (tertiary/aromatic N) is 4. The molecule has 2 aromatic carbocycles. The molecule has 1 N–H and O–H groups in total. The average molecular weight is 469 g/mol. The maximum atomic E-state index is 12.3. The minimum atomic E-state index is -0.344. The van der Waals surface area contributed by atoms with E-state index in [4.69, 9.17) is 0 Å². The smallest absolute Gasteiger partial charge is 0.269 e. The molecular formula is C23H25BrN4O2. The van der Waals surface area contributed by atoms with Crippen LogP contribution in [0.15, 0.2) is 63.2 Å². The van der Waals surface area contributed by atoms with E-state index in [0.29, 0.717) is 12.4 Å². The lowest BCUT2D eigenvalue weighted by atomic mass is 10.1. The molecule has 1 aliphatic rings. The Morgan fingerprint density at radius 3 is 2.50 bits per heavy atom. The molecule has 4 rings (SSSR count). The number of fused-ring (bicyclic) bond motifs is 1. The van der Waals surface area contributed by atoms with Gasteiger partial charge in [0, 0.05) is 9.86 Å². The highest BCUT2D eigenvalue weighted by atomic mass is 79.9. The van der Waals surface area contributed by atoms with Gasteiger partial charge in [0.15, 0.2) is 5.69 Å². The van der Waals surface area contributed by atoms with Crippen LogP contribution in [0.5, 0.6) is 5.88 Å². The van der Waals surface area contributed by atoms with Gasteiger partial charge < -0.3 is 5.11 Å². The van der Waals surface area contributed by atoms with Crippen molar-refractivity contribution in [3.8, 4) is 5.88 Å². The number of hydrogen-bond acceptors (Lipinski definition) is 4. The van der Waals surface area contributed by atoms with Crippen molar-refractivity contribution in [2.45, 2.75) is 38.8 Å². The van der Waals surface area contributed by atoms with Gasteiger partial charge in [0.1, 0.15) is 0 Å². The molecule has 0 spiro atoms. The number of carbonyl (C=O) groups is 1. The molecule has 7 heteroatoms. The molecule has 1 saturated heterocycles. The molecule has 30 heavy (non-hydrogen) atoms. The molecule has 0 bridgehead atoms. The van der Waals surface area contributed by atoms with Crippen LogP contribution >= 0.6 is 15.9 Å². The van der Waals surface area contributed by atoms with Gasteiger partial charge in [-0.1, -0.05) is 59.1 Å². The fourth-order valence-electron chi connectivity index (χ4n) is 3.93. The second-order valence-electron chi connectivity index (χ2n) is 7.69. The first-order chi connectivity index (χ1) is 14.6. The Kier molecular flexibility index (Phi) is 6.59. The van der Waals surface area contributed by atoms with Crippen LogP contribution in [0.4, 0.5) is 5.69 Å². The summed E-state index contributed by atoms with van der Waals surface area (Å²) in [4.78, 5) is 14.7. The summed E-state index contributed by atoms with van der Waals surface area (Å²) in [5.41, 5.74) is 2.10. The lowest BCUT2D eigenvalue weighted by molar-refractivity contribution is -0.117. The standard InChI is InChI=1S/C23H25BrN4O2/c24-18-10-11-20-19(15-18)22(26-25-21(29)14-17-8-4-3-5-9-17)23(30)28(20)16-27-12-6-1-2-7-13-27/h3-5,8-11,15,30H,1-2,6-7,12-14,16H2. The number of halogens is 1. The molecule has 0 aliphatic carbocycles. The Morgan fingerprint density at radius 1 is 1.03 bits per heavy atom. The summed E-state index contributed by atoms with van der Waals surface area (Å²) < 4.78 is 2.75. The Morgan fingerprint density at radius 2 is 1.77 bits per heavy atom. The lowest BCUT2D eigenvalue weighted by Gasteiger charge is -2.21. The normalized spacial score (nSPS) is 15.6. The number of hydrogen-bond donors (Lipinski definition) is 1. The van der Waals surface area contributed by atoms with Gasteiger partial charge in [0.25, 0.3) is 5.91 Å². The Hall–Kier alpha value is -2.51. The first-order valence-electron chi connectivity index (χ1n) is 10.3. The van der Waals surface area contributed by atoms with Gasteiger partial charge in [-0.15, -0.1) is 10.2 Å². The molecule has 1 fully saturated rings. The third kappa shape index (κ3) is 4.79. The van der Waals surface area contributed by atoms with E-state index in [1.807, 2.05) is 53.1 Å². The van der Waals surface area contributed by atoms with Crippen molar-refractivity contribution >= 4 is 38.4 Å². The zero-order valence-corrected chi connectivity index (χ0v) is 18.4. The maximum Gasteiger partial charge on any atom is 0.269 e. The van der Waals surface area contributed by atoms with Crippen LogP contribution in [0.3, 0.4) is 0 Å². The van der Waals surface area contributed by atoms with E-state index in [1.165, 1.54) is 25.7 Å². The van der Waals surface area contributed by atoms with E-state index < -0.39 is 0 Å². The minimum absolute atomic E-state index is 0.0450. The maximum absolute atomic E-state index is 12.3. The Balaban J connectivity index is 1.62. The second kappa shape index (κ2) is 9.53. The number of rotatable bonds is 5. The van der Waals surface area contributed by atoms with E-state index in [0.717, 1.165) is 34.0 Å². The van der Waals surface area contributed by atoms with E-state index in [1.54, 1.807) is 0 Å². The molecule has 0 saturated carbocycles. The van der Waals surface area contributed by atoms with E-state index in [9.17, 15) is 9.90 Å². The highest BCUT2D eigenvalue weighted by Crippen LogP contribution is 2.40. The minimum Gasteiger partial charge on any atom is -0.493 e. The molecule has 0 unspecified atom stereocenters. The summed E-state index contributed by atoms with van der Waals surface area (Å²) in [6.07, 6.45) is 5.04. The number of likely N-dealkylation sites (tertiary alicyclic amines) is 1. The zero-order valence-electron chi connectivity index (χ0n) is 16.8. The number of azo groups is 1. The summed E-state index contributed by atoms with van der Waals surface area (Å²) in [5, 5.41) is 19.8. The second-order valence-corrected chi connectivity index (χ2v) is 8.61. The lowest BCUT2D eigenvalue weighted by Crippen LogP contribution is -2.27. The zero-order chi connectivity index (χ0) is 20.9. The van der Waals surface area contributed by atoms with Crippen LogP contribution in [-0.4, -0.2) is 33.6 Å². The predicted molar refractivity (Wildman–Crippen MR) is 121 cm³/mol. The first-order valence-corrected chi connectivity index (χ1v) is 11.1. The largest absolute Gasteiger partial charge is 0.493 e. The van der Waals surface area contributed by atoms with Crippen molar-refractivity contribution in [1.82, 2.24) is 9.47 Å². The average Bonchev–Trinajstić information content (AvgIpc) is 2.90. The molecule has 1 amide bonds. The van der Waals surface area contributed by atoms with Crippen molar-refractivity contribution in [1.29, 1.82) is 0 Å². The van der Waals surface area contributed by atoms with Gasteiger partial charge in [-0.05, 0) is 49.7 Å².